The summed E-state index contributed by atoms with van der Waals surface area (Å²) in [6.07, 6.45) is 6.28. The van der Waals surface area contributed by atoms with Crippen LogP contribution in [-0.2, 0) is 0 Å². The first-order valence-electron chi connectivity index (χ1n) is 11.2. The van der Waals surface area contributed by atoms with Gasteiger partial charge < -0.3 is 39.6 Å². The second-order valence-corrected chi connectivity index (χ2v) is 8.97. The van der Waals surface area contributed by atoms with E-state index in [-0.39, 0.29) is 39.6 Å². The Balaban J connectivity index is 5.15. The van der Waals surface area contributed by atoms with E-state index in [1.54, 1.807) is 0 Å². The smallest absolute Gasteiger partial charge is 0.107 e. The first-order valence-corrected chi connectivity index (χ1v) is 11.2. The minimum atomic E-state index is -0.0122. The van der Waals surface area contributed by atoms with E-state index in [1.165, 1.54) is 0 Å². The van der Waals surface area contributed by atoms with Gasteiger partial charge >= 0.3 is 0 Å². The molecule has 0 aromatic carbocycles. The summed E-state index contributed by atoms with van der Waals surface area (Å²) in [7, 11) is 4.23. The lowest BCUT2D eigenvalue weighted by atomic mass is 10.2. The molecule has 0 rings (SSSR count). The summed E-state index contributed by atoms with van der Waals surface area (Å²) in [6, 6.07) is 0. The van der Waals surface area contributed by atoms with Crippen LogP contribution in [0.1, 0.15) is 6.92 Å². The van der Waals surface area contributed by atoms with Crippen molar-refractivity contribution in [3.05, 3.63) is 23.9 Å². The van der Waals surface area contributed by atoms with Gasteiger partial charge in [0.1, 0.15) is 51.5 Å². The van der Waals surface area contributed by atoms with Gasteiger partial charge in [-0.15, -0.1) is 0 Å². The molecule has 9 nitrogen and oxygen atoms in total. The molecule has 0 spiro atoms. The Labute approximate surface area is 188 Å². The Kier molecular flexibility index (Phi) is 15.4. The fourth-order valence-electron chi connectivity index (χ4n) is 3.99. The molecule has 0 saturated carbocycles. The maximum absolute atomic E-state index is 9.49. The molecule has 0 aromatic heterocycles. The molecule has 0 aliphatic heterocycles. The lowest BCUT2D eigenvalue weighted by molar-refractivity contribution is -0.923. The topological polar surface area (TPSA) is 121 Å². The molecule has 0 aliphatic carbocycles. The third-order valence-electron chi connectivity index (χ3n) is 6.20. The SMILES string of the molecule is CC(=CC[N+](C)(C)CC=CC[N+](CCO)(CCO)CCO)[N+](CCO)(CCO)CCO. The number of hydrogen-bond donors (Lipinski definition) is 6. The number of allylic oxidation sites excluding steroid dienone is 1. The van der Waals surface area contributed by atoms with Crippen molar-refractivity contribution in [1.29, 1.82) is 0 Å². The Morgan fingerprint density at radius 1 is 0.581 bits per heavy atom. The maximum Gasteiger partial charge on any atom is 0.107 e. The summed E-state index contributed by atoms with van der Waals surface area (Å²) in [5.41, 5.74) is 1.02. The second-order valence-electron chi connectivity index (χ2n) is 8.97. The molecule has 0 saturated heterocycles. The van der Waals surface area contributed by atoms with Gasteiger partial charge in [0.05, 0.1) is 66.8 Å². The Hall–Kier alpha value is -0.880. The van der Waals surface area contributed by atoms with Crippen LogP contribution in [0.5, 0.6) is 0 Å². The van der Waals surface area contributed by atoms with Crippen LogP contribution in [0, 0.1) is 0 Å². The first-order chi connectivity index (χ1) is 14.7. The molecule has 6 N–H and O–H groups in total. The van der Waals surface area contributed by atoms with Gasteiger partial charge in [-0.3, -0.25) is 4.48 Å². The highest BCUT2D eigenvalue weighted by Crippen LogP contribution is 2.17. The molecule has 0 bridgehead atoms. The van der Waals surface area contributed by atoms with E-state index >= 15 is 0 Å². The molecule has 0 unspecified atom stereocenters. The van der Waals surface area contributed by atoms with Gasteiger partial charge in [0.25, 0.3) is 0 Å². The number of hydrogen-bond acceptors (Lipinski definition) is 6. The minimum absolute atomic E-state index is 0.00892. The van der Waals surface area contributed by atoms with Crippen molar-refractivity contribution in [2.75, 3.05) is 113 Å². The predicted octanol–water partition coefficient (Wildman–Crippen LogP) is -1.89. The standard InChI is InChI=1S/C22H48N3O6/c1-22(25(13-19-29,14-20-30)15-21-31)6-9-23(2,3)7-4-5-8-24(10-16-26,11-17-27)12-18-28/h4-6,26-31H,7-21H2,1-3H3/q+3. The van der Waals surface area contributed by atoms with Gasteiger partial charge in [-0.2, -0.15) is 0 Å². The molecule has 184 valence electrons. The number of aliphatic hydroxyl groups excluding tert-OH is 6. The second kappa shape index (κ2) is 15.8. The first kappa shape index (κ1) is 30.1. The monoisotopic (exact) mass is 450 g/mol. The van der Waals surface area contributed by atoms with Crippen molar-refractivity contribution in [1.82, 2.24) is 0 Å². The van der Waals surface area contributed by atoms with Gasteiger partial charge in [-0.1, -0.05) is 0 Å². The molecular weight excluding hydrogens is 402 g/mol. The zero-order valence-corrected chi connectivity index (χ0v) is 19.9. The summed E-state index contributed by atoms with van der Waals surface area (Å²) in [6.45, 7) is 6.99. The van der Waals surface area contributed by atoms with Crippen LogP contribution in [-0.4, -0.2) is 157 Å². The number of rotatable bonds is 19. The van der Waals surface area contributed by atoms with Crippen molar-refractivity contribution in [2.24, 2.45) is 0 Å². The van der Waals surface area contributed by atoms with E-state index in [0.717, 1.165) is 18.8 Å². The Bertz CT molecular complexity index is 491. The highest BCUT2D eigenvalue weighted by molar-refractivity contribution is 4.91. The van der Waals surface area contributed by atoms with Gasteiger partial charge in [-0.05, 0) is 12.2 Å². The van der Waals surface area contributed by atoms with Crippen LogP contribution < -0.4 is 0 Å². The van der Waals surface area contributed by atoms with E-state index in [4.69, 9.17) is 0 Å². The molecule has 31 heavy (non-hydrogen) atoms. The highest BCUT2D eigenvalue weighted by atomic mass is 16.3. The van der Waals surface area contributed by atoms with Crippen molar-refractivity contribution < 1.29 is 44.1 Å². The molecule has 0 amide bonds. The van der Waals surface area contributed by atoms with E-state index < -0.39 is 0 Å². The summed E-state index contributed by atoms with van der Waals surface area (Å²) in [5.74, 6) is 0. The van der Waals surface area contributed by atoms with Crippen LogP contribution in [0.15, 0.2) is 23.9 Å². The number of likely N-dealkylation sites (N-methyl/N-ethyl adjacent to an activating group) is 1. The number of aliphatic hydroxyl groups is 6. The fraction of sp³-hybridized carbons (Fsp3) is 0.818. The molecule has 0 atom stereocenters. The van der Waals surface area contributed by atoms with E-state index in [0.29, 0.717) is 59.3 Å². The van der Waals surface area contributed by atoms with Crippen molar-refractivity contribution in [3.8, 4) is 0 Å². The van der Waals surface area contributed by atoms with Gasteiger partial charge in [0.2, 0.25) is 0 Å². The van der Waals surface area contributed by atoms with Gasteiger partial charge in [-0.25, -0.2) is 0 Å². The van der Waals surface area contributed by atoms with Crippen molar-refractivity contribution in [2.45, 2.75) is 6.92 Å². The average Bonchev–Trinajstić information content (AvgIpc) is 2.71. The Morgan fingerprint density at radius 2 is 0.968 bits per heavy atom. The van der Waals surface area contributed by atoms with Crippen LogP contribution >= 0.6 is 0 Å². The average molecular weight is 451 g/mol. The largest absolute Gasteiger partial charge is 0.391 e. The molecule has 0 aliphatic rings. The van der Waals surface area contributed by atoms with Gasteiger partial charge in [0.15, 0.2) is 0 Å². The zero-order chi connectivity index (χ0) is 23.8. The summed E-state index contributed by atoms with van der Waals surface area (Å²) in [5, 5.41) is 56.6. The summed E-state index contributed by atoms with van der Waals surface area (Å²) < 4.78 is 1.53. The van der Waals surface area contributed by atoms with Crippen LogP contribution in [0.3, 0.4) is 0 Å². The lowest BCUT2D eigenvalue weighted by Gasteiger charge is -2.38. The van der Waals surface area contributed by atoms with Crippen LogP contribution in [0.25, 0.3) is 0 Å². The zero-order valence-electron chi connectivity index (χ0n) is 19.9. The third-order valence-corrected chi connectivity index (χ3v) is 6.20. The van der Waals surface area contributed by atoms with E-state index in [2.05, 4.69) is 32.3 Å². The highest BCUT2D eigenvalue weighted by Gasteiger charge is 2.29. The molecule has 0 heterocycles. The molecule has 0 aromatic rings. The summed E-state index contributed by atoms with van der Waals surface area (Å²) in [4.78, 5) is 0. The lowest BCUT2D eigenvalue weighted by Crippen LogP contribution is -2.53. The van der Waals surface area contributed by atoms with Crippen molar-refractivity contribution in [3.63, 3.8) is 0 Å². The van der Waals surface area contributed by atoms with Crippen LogP contribution in [0.4, 0.5) is 0 Å². The van der Waals surface area contributed by atoms with E-state index in [1.807, 2.05) is 6.92 Å². The molecular formula is C22H48N3O6+3. The maximum atomic E-state index is 9.49. The molecule has 0 radical (unpaired) electrons. The van der Waals surface area contributed by atoms with E-state index in [9.17, 15) is 30.6 Å². The van der Waals surface area contributed by atoms with Gasteiger partial charge in [0, 0.05) is 13.0 Å². The minimum Gasteiger partial charge on any atom is -0.391 e. The number of nitrogens with zero attached hydrogens (tertiary/aromatic N) is 3. The van der Waals surface area contributed by atoms with Crippen LogP contribution in [0.2, 0.25) is 0 Å². The predicted molar refractivity (Wildman–Crippen MR) is 122 cm³/mol. The molecule has 0 fully saturated rings. The fourth-order valence-corrected chi connectivity index (χ4v) is 3.99. The van der Waals surface area contributed by atoms with Crippen molar-refractivity contribution >= 4 is 0 Å². The third kappa shape index (κ3) is 11.0. The molecule has 9 heteroatoms. The Morgan fingerprint density at radius 3 is 1.35 bits per heavy atom. The number of quaternary nitrogens is 3. The quantitative estimate of drug-likeness (QED) is 0.101. The normalized spacial score (nSPS) is 14.0. The summed E-state index contributed by atoms with van der Waals surface area (Å²) >= 11 is 0.